The van der Waals surface area contributed by atoms with Gasteiger partial charge in [-0.25, -0.2) is 0 Å². The van der Waals surface area contributed by atoms with Crippen molar-refractivity contribution in [2.75, 3.05) is 0 Å². The monoisotopic (exact) mass is 321 g/mol. The van der Waals surface area contributed by atoms with Crippen LogP contribution in [0.5, 0.6) is 0 Å². The van der Waals surface area contributed by atoms with Gasteiger partial charge in [-0.3, -0.25) is 0 Å². The summed E-state index contributed by atoms with van der Waals surface area (Å²) in [5.41, 5.74) is 5.60. The highest BCUT2D eigenvalue weighted by molar-refractivity contribution is 6.71. The number of benzene rings is 2. The number of nitrogens with zero attached hydrogens (tertiary/aromatic N) is 1. The van der Waals surface area contributed by atoms with Gasteiger partial charge in [0.05, 0.1) is 18.2 Å². The Balaban J connectivity index is 0.000000272. The standard InChI is InChI=1S/C13H21BO.C8H7N/c1-5-10(2)11-6-7-13(14(3)4)12(8-11)9-15;1-7-2-4-8(6-9)5-3-7/h6-8,10,15H,5,9H2,1-4H3;2-5H,1H3. The van der Waals surface area contributed by atoms with Crippen molar-refractivity contribution >= 4 is 12.2 Å². The van der Waals surface area contributed by atoms with E-state index in [0.717, 1.165) is 17.5 Å². The highest BCUT2D eigenvalue weighted by Gasteiger charge is 2.11. The zero-order valence-electron chi connectivity index (χ0n) is 15.5. The van der Waals surface area contributed by atoms with Gasteiger partial charge in [-0.1, -0.05) is 68.9 Å². The van der Waals surface area contributed by atoms with Crippen molar-refractivity contribution in [3.8, 4) is 6.07 Å². The van der Waals surface area contributed by atoms with Crippen LogP contribution in [0.15, 0.2) is 42.5 Å². The molecule has 1 N–H and O–H groups in total. The third-order valence-electron chi connectivity index (χ3n) is 4.32. The SMILES string of the molecule is CCC(C)c1ccc(B(C)C)c(CO)c1.Cc1ccc(C#N)cc1. The highest BCUT2D eigenvalue weighted by Crippen LogP contribution is 2.19. The van der Waals surface area contributed by atoms with E-state index in [1.54, 1.807) is 0 Å². The summed E-state index contributed by atoms with van der Waals surface area (Å²) in [6.07, 6.45) is 1.14. The topological polar surface area (TPSA) is 44.0 Å². The van der Waals surface area contributed by atoms with Crippen molar-refractivity contribution in [1.29, 1.82) is 5.26 Å². The Morgan fingerprint density at radius 3 is 2.21 bits per heavy atom. The van der Waals surface area contributed by atoms with Gasteiger partial charge in [-0.2, -0.15) is 5.26 Å². The fourth-order valence-electron chi connectivity index (χ4n) is 2.50. The average molecular weight is 321 g/mol. The quantitative estimate of drug-likeness (QED) is 0.841. The van der Waals surface area contributed by atoms with Gasteiger partial charge in [0.25, 0.3) is 0 Å². The van der Waals surface area contributed by atoms with Crippen LogP contribution in [0.1, 0.15) is 48.4 Å². The van der Waals surface area contributed by atoms with E-state index in [2.05, 4.69) is 51.8 Å². The molecule has 2 nitrogen and oxygen atoms in total. The Bertz CT molecular complexity index is 671. The molecular weight excluding hydrogens is 293 g/mol. The maximum atomic E-state index is 9.35. The summed E-state index contributed by atoms with van der Waals surface area (Å²) in [5.74, 6) is 0.580. The first kappa shape index (κ1) is 20.0. The van der Waals surface area contributed by atoms with Crippen molar-refractivity contribution in [3.05, 3.63) is 64.7 Å². The van der Waals surface area contributed by atoms with E-state index in [1.165, 1.54) is 16.6 Å². The van der Waals surface area contributed by atoms with Gasteiger partial charge in [-0.15, -0.1) is 0 Å². The zero-order valence-corrected chi connectivity index (χ0v) is 15.5. The molecule has 2 rings (SSSR count). The number of rotatable bonds is 4. The van der Waals surface area contributed by atoms with Crippen LogP contribution >= 0.6 is 0 Å². The van der Waals surface area contributed by atoms with E-state index in [0.29, 0.717) is 12.6 Å². The molecule has 0 bridgehead atoms. The van der Waals surface area contributed by atoms with Crippen LogP contribution in [0, 0.1) is 18.3 Å². The maximum Gasteiger partial charge on any atom is 0.170 e. The van der Waals surface area contributed by atoms with E-state index in [1.807, 2.05) is 31.2 Å². The first-order chi connectivity index (χ1) is 11.4. The van der Waals surface area contributed by atoms with Crippen LogP contribution < -0.4 is 5.46 Å². The lowest BCUT2D eigenvalue weighted by molar-refractivity contribution is 0.282. The number of hydrogen-bond acceptors (Lipinski definition) is 2. The van der Waals surface area contributed by atoms with Gasteiger partial charge in [-0.05, 0) is 42.5 Å². The van der Waals surface area contributed by atoms with Gasteiger partial charge >= 0.3 is 0 Å². The van der Waals surface area contributed by atoms with Crippen molar-refractivity contribution in [2.45, 2.75) is 53.4 Å². The Morgan fingerprint density at radius 1 is 1.12 bits per heavy atom. The summed E-state index contributed by atoms with van der Waals surface area (Å²) in [7, 11) is 0. The third-order valence-corrected chi connectivity index (χ3v) is 4.32. The molecule has 0 aromatic heterocycles. The van der Waals surface area contributed by atoms with Crippen LogP contribution in [0.4, 0.5) is 0 Å². The minimum Gasteiger partial charge on any atom is -0.392 e. The average Bonchev–Trinajstić information content (AvgIpc) is 2.61. The van der Waals surface area contributed by atoms with Crippen LogP contribution in [0.25, 0.3) is 0 Å². The number of aryl methyl sites for hydroxylation is 1. The van der Waals surface area contributed by atoms with Crippen molar-refractivity contribution in [3.63, 3.8) is 0 Å². The number of hydrogen-bond donors (Lipinski definition) is 1. The third kappa shape index (κ3) is 5.87. The fraction of sp³-hybridized carbons (Fsp3) is 0.381. The molecule has 0 saturated heterocycles. The molecule has 0 radical (unpaired) electrons. The lowest BCUT2D eigenvalue weighted by Gasteiger charge is -2.14. The summed E-state index contributed by atoms with van der Waals surface area (Å²) >= 11 is 0. The van der Waals surface area contributed by atoms with Crippen molar-refractivity contribution < 1.29 is 5.11 Å². The lowest BCUT2D eigenvalue weighted by Crippen LogP contribution is -2.27. The van der Waals surface area contributed by atoms with E-state index in [-0.39, 0.29) is 6.61 Å². The molecule has 0 amide bonds. The van der Waals surface area contributed by atoms with Crippen LogP contribution in [-0.4, -0.2) is 11.8 Å². The summed E-state index contributed by atoms with van der Waals surface area (Å²) in [4.78, 5) is 0. The molecule has 0 saturated carbocycles. The molecule has 0 spiro atoms. The second-order valence-electron chi connectivity index (χ2n) is 6.56. The normalized spacial score (nSPS) is 11.0. The molecule has 2 aromatic carbocycles. The second kappa shape index (κ2) is 9.95. The number of nitriles is 1. The summed E-state index contributed by atoms with van der Waals surface area (Å²) in [6.45, 7) is 11.4. The number of aliphatic hydroxyl groups is 1. The lowest BCUT2D eigenvalue weighted by atomic mass is 9.48. The predicted octanol–water partition coefficient (Wildman–Crippen LogP) is 4.52. The summed E-state index contributed by atoms with van der Waals surface area (Å²) < 4.78 is 0. The van der Waals surface area contributed by atoms with Gasteiger partial charge in [0, 0.05) is 0 Å². The van der Waals surface area contributed by atoms with E-state index >= 15 is 0 Å². The van der Waals surface area contributed by atoms with Crippen LogP contribution in [0.2, 0.25) is 13.6 Å². The first-order valence-corrected chi connectivity index (χ1v) is 8.63. The van der Waals surface area contributed by atoms with Crippen molar-refractivity contribution in [2.24, 2.45) is 0 Å². The van der Waals surface area contributed by atoms with Gasteiger partial charge in [0.2, 0.25) is 0 Å². The van der Waals surface area contributed by atoms with Gasteiger partial charge < -0.3 is 5.11 Å². The Morgan fingerprint density at radius 2 is 1.75 bits per heavy atom. The largest absolute Gasteiger partial charge is 0.392 e. The molecule has 0 aliphatic heterocycles. The molecule has 126 valence electrons. The first-order valence-electron chi connectivity index (χ1n) is 8.63. The van der Waals surface area contributed by atoms with E-state index in [4.69, 9.17) is 5.26 Å². The molecule has 3 heteroatoms. The smallest absolute Gasteiger partial charge is 0.170 e. The predicted molar refractivity (Wildman–Crippen MR) is 104 cm³/mol. The van der Waals surface area contributed by atoms with Gasteiger partial charge in [0.15, 0.2) is 6.71 Å². The molecule has 24 heavy (non-hydrogen) atoms. The minimum atomic E-state index is 0.151. The molecule has 1 atom stereocenters. The minimum absolute atomic E-state index is 0.151. The molecule has 0 heterocycles. The molecular formula is C21H28BNO. The molecule has 0 aliphatic rings. The van der Waals surface area contributed by atoms with Crippen LogP contribution in [-0.2, 0) is 6.61 Å². The van der Waals surface area contributed by atoms with Gasteiger partial charge in [0.1, 0.15) is 0 Å². The van der Waals surface area contributed by atoms with Crippen molar-refractivity contribution in [1.82, 2.24) is 0 Å². The fourth-order valence-corrected chi connectivity index (χ4v) is 2.50. The second-order valence-corrected chi connectivity index (χ2v) is 6.56. The van der Waals surface area contributed by atoms with E-state index < -0.39 is 0 Å². The summed E-state index contributed by atoms with van der Waals surface area (Å²) in [5, 5.41) is 17.7. The zero-order chi connectivity index (χ0) is 18.1. The molecule has 0 aliphatic carbocycles. The van der Waals surface area contributed by atoms with Crippen LogP contribution in [0.3, 0.4) is 0 Å². The Labute approximate surface area is 147 Å². The van der Waals surface area contributed by atoms with E-state index in [9.17, 15) is 5.11 Å². The molecule has 2 aromatic rings. The maximum absolute atomic E-state index is 9.35. The highest BCUT2D eigenvalue weighted by atomic mass is 16.3. The summed E-state index contributed by atoms with van der Waals surface area (Å²) in [6, 6.07) is 16.1. The Hall–Kier alpha value is -2.05. The molecule has 1 unspecified atom stereocenters. The molecule has 0 fully saturated rings. The number of aliphatic hydroxyl groups excluding tert-OH is 1. The Kier molecular flexibility index (Phi) is 8.29.